The van der Waals surface area contributed by atoms with Crippen LogP contribution in [0.15, 0.2) is 83.9 Å². The summed E-state index contributed by atoms with van der Waals surface area (Å²) in [5.74, 6) is -0.647. The predicted octanol–water partition coefficient (Wildman–Crippen LogP) is 5.53. The van der Waals surface area contributed by atoms with Crippen molar-refractivity contribution in [1.29, 1.82) is 0 Å². The van der Waals surface area contributed by atoms with Crippen molar-refractivity contribution in [1.82, 2.24) is 5.32 Å². The van der Waals surface area contributed by atoms with Gasteiger partial charge in [-0.05, 0) is 39.0 Å². The molecule has 4 nitrogen and oxygen atoms in total. The number of halogens is 1. The van der Waals surface area contributed by atoms with Crippen LogP contribution in [0.3, 0.4) is 0 Å². The fraction of sp³-hybridized carbons (Fsp3) is 0.259. The molecule has 32 heavy (non-hydrogen) atoms. The number of rotatable bonds is 4. The number of nitrogens with one attached hydrogen (secondary N) is 1. The fourth-order valence-electron chi connectivity index (χ4n) is 4.34. The summed E-state index contributed by atoms with van der Waals surface area (Å²) in [4.78, 5) is 17.2. The molecule has 1 aliphatic heterocycles. The Morgan fingerprint density at radius 1 is 0.938 bits per heavy atom. The van der Waals surface area contributed by atoms with Gasteiger partial charge in [0.2, 0.25) is 5.91 Å². The SMILES string of the molecule is CC1(C)C[C@@](C)(c2cc(N=C(c3ccccc3)c3ccccc3)ccc2F)NC(=O)CO1. The summed E-state index contributed by atoms with van der Waals surface area (Å²) in [6.07, 6.45) is 0.431. The maximum atomic E-state index is 15.1. The topological polar surface area (TPSA) is 50.7 Å². The van der Waals surface area contributed by atoms with Gasteiger partial charge in [-0.2, -0.15) is 0 Å². The van der Waals surface area contributed by atoms with Crippen molar-refractivity contribution in [3.63, 3.8) is 0 Å². The summed E-state index contributed by atoms with van der Waals surface area (Å²) in [7, 11) is 0. The Hall–Kier alpha value is -3.31. The van der Waals surface area contributed by atoms with Gasteiger partial charge in [0.05, 0.1) is 22.5 Å². The summed E-state index contributed by atoms with van der Waals surface area (Å²) in [6, 6.07) is 24.6. The third kappa shape index (κ3) is 4.78. The molecular formula is C27H27FN2O2. The number of hydrogen-bond acceptors (Lipinski definition) is 3. The van der Waals surface area contributed by atoms with Crippen LogP contribution in [-0.4, -0.2) is 23.8 Å². The van der Waals surface area contributed by atoms with E-state index in [0.717, 1.165) is 16.8 Å². The molecule has 0 bridgehead atoms. The molecule has 0 radical (unpaired) electrons. The van der Waals surface area contributed by atoms with Crippen molar-refractivity contribution in [3.8, 4) is 0 Å². The molecule has 1 aliphatic rings. The van der Waals surface area contributed by atoms with Crippen molar-refractivity contribution >= 4 is 17.3 Å². The molecule has 0 saturated carbocycles. The van der Waals surface area contributed by atoms with Gasteiger partial charge >= 0.3 is 0 Å². The molecule has 0 unspecified atom stereocenters. The minimum atomic E-state index is -0.924. The molecule has 1 fully saturated rings. The lowest BCUT2D eigenvalue weighted by atomic mass is 9.81. The lowest BCUT2D eigenvalue weighted by molar-refractivity contribution is -0.128. The van der Waals surface area contributed by atoms with E-state index in [0.29, 0.717) is 17.7 Å². The first-order valence-corrected chi connectivity index (χ1v) is 10.7. The van der Waals surface area contributed by atoms with Gasteiger partial charge in [-0.25, -0.2) is 9.38 Å². The normalized spacial score (nSPS) is 20.2. The Bertz CT molecular complexity index is 1100. The molecule has 0 aromatic heterocycles. The van der Waals surface area contributed by atoms with Gasteiger partial charge in [0.25, 0.3) is 0 Å². The van der Waals surface area contributed by atoms with Crippen molar-refractivity contribution < 1.29 is 13.9 Å². The van der Waals surface area contributed by atoms with Crippen molar-refractivity contribution in [2.45, 2.75) is 38.3 Å². The largest absolute Gasteiger partial charge is 0.366 e. The quantitative estimate of drug-likeness (QED) is 0.554. The molecule has 4 rings (SSSR count). The van der Waals surface area contributed by atoms with Gasteiger partial charge in [0.15, 0.2) is 0 Å². The zero-order valence-corrected chi connectivity index (χ0v) is 18.6. The first-order valence-electron chi connectivity index (χ1n) is 10.7. The van der Waals surface area contributed by atoms with Gasteiger partial charge in [0, 0.05) is 23.1 Å². The smallest absolute Gasteiger partial charge is 0.246 e. The van der Waals surface area contributed by atoms with Crippen LogP contribution >= 0.6 is 0 Å². The Morgan fingerprint density at radius 2 is 1.53 bits per heavy atom. The number of nitrogens with zero attached hydrogens (tertiary/aromatic N) is 1. The molecule has 0 aliphatic carbocycles. The summed E-state index contributed by atoms with van der Waals surface area (Å²) in [5.41, 5.74) is 2.22. The Kier molecular flexibility index (Phi) is 5.94. The zero-order chi connectivity index (χ0) is 22.8. The standard InChI is InChI=1S/C27H27FN2O2/c1-26(2)18-27(3,30-24(31)17-32-26)22-16-21(14-15-23(22)28)29-25(19-10-6-4-7-11-19)20-12-8-5-9-13-20/h4-16H,17-18H2,1-3H3,(H,30,31)/t27-/m0/s1. The van der Waals surface area contributed by atoms with Crippen LogP contribution in [0.25, 0.3) is 0 Å². The van der Waals surface area contributed by atoms with Gasteiger partial charge < -0.3 is 10.1 Å². The molecule has 164 valence electrons. The van der Waals surface area contributed by atoms with Gasteiger partial charge in [-0.3, -0.25) is 4.79 Å². The van der Waals surface area contributed by atoms with E-state index in [1.807, 2.05) is 81.4 Å². The fourth-order valence-corrected chi connectivity index (χ4v) is 4.34. The van der Waals surface area contributed by atoms with E-state index >= 15 is 4.39 Å². The second kappa shape index (κ2) is 8.67. The zero-order valence-electron chi connectivity index (χ0n) is 18.6. The van der Waals surface area contributed by atoms with E-state index in [1.165, 1.54) is 6.07 Å². The van der Waals surface area contributed by atoms with Crippen molar-refractivity contribution in [2.75, 3.05) is 6.61 Å². The lowest BCUT2D eigenvalue weighted by Crippen LogP contribution is -2.45. The van der Waals surface area contributed by atoms with E-state index in [4.69, 9.17) is 9.73 Å². The summed E-state index contributed by atoms with van der Waals surface area (Å²) in [6.45, 7) is 5.61. The van der Waals surface area contributed by atoms with Crippen LogP contribution < -0.4 is 5.32 Å². The van der Waals surface area contributed by atoms with Crippen LogP contribution in [0.4, 0.5) is 10.1 Å². The molecule has 0 spiro atoms. The summed E-state index contributed by atoms with van der Waals surface area (Å²) >= 11 is 0. The second-order valence-electron chi connectivity index (χ2n) is 8.96. The molecular weight excluding hydrogens is 403 g/mol. The minimum absolute atomic E-state index is 0.0474. The molecule has 1 N–H and O–H groups in total. The van der Waals surface area contributed by atoms with E-state index in [-0.39, 0.29) is 18.3 Å². The van der Waals surface area contributed by atoms with Gasteiger partial charge in [-0.1, -0.05) is 60.7 Å². The maximum Gasteiger partial charge on any atom is 0.246 e. The third-order valence-electron chi connectivity index (χ3n) is 5.67. The summed E-state index contributed by atoms with van der Waals surface area (Å²) in [5, 5.41) is 2.96. The van der Waals surface area contributed by atoms with E-state index in [1.54, 1.807) is 12.1 Å². The Labute approximate surface area is 188 Å². The van der Waals surface area contributed by atoms with Gasteiger partial charge in [-0.15, -0.1) is 0 Å². The van der Waals surface area contributed by atoms with E-state index in [9.17, 15) is 4.79 Å². The Morgan fingerprint density at radius 3 is 2.12 bits per heavy atom. The molecule has 1 saturated heterocycles. The van der Waals surface area contributed by atoms with Crippen LogP contribution in [0.2, 0.25) is 0 Å². The molecule has 3 aromatic rings. The monoisotopic (exact) mass is 430 g/mol. The van der Waals surface area contributed by atoms with Crippen LogP contribution in [-0.2, 0) is 15.1 Å². The molecule has 1 atom stereocenters. The van der Waals surface area contributed by atoms with Crippen LogP contribution in [0.1, 0.15) is 43.9 Å². The first-order chi connectivity index (χ1) is 15.3. The average Bonchev–Trinajstić information content (AvgIpc) is 2.88. The van der Waals surface area contributed by atoms with Gasteiger partial charge in [0.1, 0.15) is 12.4 Å². The Balaban J connectivity index is 1.82. The number of carbonyl (C=O) groups excluding carboxylic acids is 1. The second-order valence-corrected chi connectivity index (χ2v) is 8.96. The number of aliphatic imine (C=N–C) groups is 1. The van der Waals surface area contributed by atoms with Crippen LogP contribution in [0.5, 0.6) is 0 Å². The lowest BCUT2D eigenvalue weighted by Gasteiger charge is -2.35. The van der Waals surface area contributed by atoms with E-state index in [2.05, 4.69) is 5.32 Å². The summed E-state index contributed by atoms with van der Waals surface area (Å²) < 4.78 is 20.8. The molecule has 5 heteroatoms. The number of amides is 1. The molecule has 1 amide bonds. The third-order valence-corrected chi connectivity index (χ3v) is 5.67. The molecule has 3 aromatic carbocycles. The highest BCUT2D eigenvalue weighted by Gasteiger charge is 2.40. The predicted molar refractivity (Wildman–Crippen MR) is 125 cm³/mol. The highest BCUT2D eigenvalue weighted by atomic mass is 19.1. The number of ether oxygens (including phenoxy) is 1. The van der Waals surface area contributed by atoms with Crippen molar-refractivity contribution in [2.24, 2.45) is 4.99 Å². The van der Waals surface area contributed by atoms with E-state index < -0.39 is 11.1 Å². The molecule has 1 heterocycles. The highest BCUT2D eigenvalue weighted by Crippen LogP contribution is 2.37. The first kappa shape index (κ1) is 21.9. The van der Waals surface area contributed by atoms with Crippen molar-refractivity contribution in [3.05, 3.63) is 101 Å². The maximum absolute atomic E-state index is 15.1. The number of benzene rings is 3. The highest BCUT2D eigenvalue weighted by molar-refractivity contribution is 6.13. The minimum Gasteiger partial charge on any atom is -0.366 e. The number of hydrogen-bond donors (Lipinski definition) is 1. The number of carbonyl (C=O) groups is 1. The average molecular weight is 431 g/mol. The van der Waals surface area contributed by atoms with Crippen LogP contribution in [0, 0.1) is 5.82 Å².